The molecule has 0 aromatic rings. The van der Waals surface area contributed by atoms with Gasteiger partial charge in [0.05, 0.1) is 0 Å². The van der Waals surface area contributed by atoms with E-state index in [1.807, 2.05) is 6.92 Å². The molecule has 18 heavy (non-hydrogen) atoms. The monoisotopic (exact) mass is 270 g/mol. The van der Waals surface area contributed by atoms with Gasteiger partial charge in [0.25, 0.3) is 0 Å². The molecule has 2 saturated carbocycles. The van der Waals surface area contributed by atoms with E-state index < -0.39 is 0 Å². The Hall–Kier alpha value is -0.220. The lowest BCUT2D eigenvalue weighted by atomic mass is 9.49. The maximum Gasteiger partial charge on any atom is 0.223 e. The Bertz CT molecular complexity index is 315. The highest BCUT2D eigenvalue weighted by Gasteiger charge is 2.59. The first-order valence-electron chi connectivity index (χ1n) is 6.97. The first kappa shape index (κ1) is 14.2. The third kappa shape index (κ3) is 2.29. The molecule has 104 valence electrons. The van der Waals surface area contributed by atoms with Crippen LogP contribution in [-0.4, -0.2) is 49.0 Å². The summed E-state index contributed by atoms with van der Waals surface area (Å²) in [4.78, 5) is 14.4. The van der Waals surface area contributed by atoms with Crippen LogP contribution in [0.2, 0.25) is 0 Å². The van der Waals surface area contributed by atoms with Crippen molar-refractivity contribution in [1.29, 1.82) is 0 Å². The quantitative estimate of drug-likeness (QED) is 0.829. The highest BCUT2D eigenvalue weighted by Crippen LogP contribution is 2.57. The van der Waals surface area contributed by atoms with Gasteiger partial charge in [-0.3, -0.25) is 4.79 Å². The molecule has 1 spiro atoms. The van der Waals surface area contributed by atoms with Crippen LogP contribution in [-0.2, 0) is 4.79 Å². The van der Waals surface area contributed by atoms with Crippen LogP contribution in [0.4, 0.5) is 0 Å². The lowest BCUT2D eigenvalue weighted by molar-refractivity contribution is -0.137. The summed E-state index contributed by atoms with van der Waals surface area (Å²) in [6.07, 6.45) is 7.10. The summed E-state index contributed by atoms with van der Waals surface area (Å²) in [7, 11) is 4.33. The van der Waals surface area contributed by atoms with E-state index in [2.05, 4.69) is 30.6 Å². The minimum Gasteiger partial charge on any atom is -0.352 e. The average Bonchev–Trinajstić information content (AvgIpc) is 2.20. The number of carbonyl (C=O) groups is 1. The predicted molar refractivity (Wildman–Crippen MR) is 77.9 cm³/mol. The van der Waals surface area contributed by atoms with Gasteiger partial charge in [0.1, 0.15) is 0 Å². The van der Waals surface area contributed by atoms with Gasteiger partial charge >= 0.3 is 0 Å². The van der Waals surface area contributed by atoms with Crippen molar-refractivity contribution in [3.63, 3.8) is 0 Å². The molecule has 1 N–H and O–H groups in total. The average molecular weight is 270 g/mol. The zero-order valence-electron chi connectivity index (χ0n) is 12.0. The van der Waals surface area contributed by atoms with Crippen molar-refractivity contribution < 1.29 is 4.79 Å². The summed E-state index contributed by atoms with van der Waals surface area (Å²) in [5.74, 6) is 1.30. The molecule has 1 amide bonds. The Morgan fingerprint density at radius 2 is 2.17 bits per heavy atom. The Balaban J connectivity index is 1.90. The van der Waals surface area contributed by atoms with Crippen molar-refractivity contribution in [1.82, 2.24) is 10.2 Å². The van der Waals surface area contributed by atoms with E-state index in [0.717, 1.165) is 12.2 Å². The van der Waals surface area contributed by atoms with Gasteiger partial charge in [-0.25, -0.2) is 0 Å². The van der Waals surface area contributed by atoms with E-state index in [9.17, 15) is 4.79 Å². The number of hydrogen-bond donors (Lipinski definition) is 1. The van der Waals surface area contributed by atoms with E-state index in [0.29, 0.717) is 17.5 Å². The van der Waals surface area contributed by atoms with Crippen LogP contribution in [0.1, 0.15) is 32.6 Å². The highest BCUT2D eigenvalue weighted by molar-refractivity contribution is 7.98. The number of hydrogen-bond acceptors (Lipinski definition) is 3. The second-order valence-corrected chi connectivity index (χ2v) is 7.13. The minimum atomic E-state index is 0.135. The molecule has 0 heterocycles. The number of rotatable bonds is 5. The fourth-order valence-corrected chi connectivity index (χ4v) is 4.25. The molecule has 0 bridgehead atoms. The summed E-state index contributed by atoms with van der Waals surface area (Å²) >= 11 is 1.75. The van der Waals surface area contributed by atoms with Gasteiger partial charge in [0.2, 0.25) is 5.91 Å². The van der Waals surface area contributed by atoms with Crippen LogP contribution in [0.25, 0.3) is 0 Å². The number of carbonyl (C=O) groups excluding carboxylic acids is 1. The van der Waals surface area contributed by atoms with Crippen molar-refractivity contribution in [2.45, 2.75) is 44.7 Å². The van der Waals surface area contributed by atoms with Gasteiger partial charge in [-0.05, 0) is 39.6 Å². The molecule has 3 unspecified atom stereocenters. The molecule has 3 atom stereocenters. The Kier molecular flexibility index (Phi) is 4.27. The minimum absolute atomic E-state index is 0.135. The number of amides is 1. The highest BCUT2D eigenvalue weighted by atomic mass is 32.2. The van der Waals surface area contributed by atoms with E-state index in [-0.39, 0.29) is 11.8 Å². The second-order valence-electron chi connectivity index (χ2n) is 6.22. The van der Waals surface area contributed by atoms with Gasteiger partial charge in [0.15, 0.2) is 0 Å². The Morgan fingerprint density at radius 1 is 1.50 bits per heavy atom. The molecule has 0 aliphatic heterocycles. The second kappa shape index (κ2) is 5.41. The molecule has 0 saturated heterocycles. The summed E-state index contributed by atoms with van der Waals surface area (Å²) in [6.45, 7) is 2.03. The van der Waals surface area contributed by atoms with Crippen LogP contribution in [0, 0.1) is 11.3 Å². The first-order chi connectivity index (χ1) is 8.51. The van der Waals surface area contributed by atoms with E-state index in [1.54, 1.807) is 11.8 Å². The van der Waals surface area contributed by atoms with E-state index in [4.69, 9.17) is 0 Å². The largest absolute Gasteiger partial charge is 0.352 e. The van der Waals surface area contributed by atoms with Gasteiger partial charge in [-0.1, -0.05) is 13.3 Å². The third-order valence-electron chi connectivity index (χ3n) is 4.91. The molecule has 2 fully saturated rings. The summed E-state index contributed by atoms with van der Waals surface area (Å²) in [5.41, 5.74) is 0.401. The fourth-order valence-electron chi connectivity index (χ4n) is 3.60. The topological polar surface area (TPSA) is 32.3 Å². The van der Waals surface area contributed by atoms with Crippen molar-refractivity contribution in [2.24, 2.45) is 11.3 Å². The zero-order chi connectivity index (χ0) is 13.3. The van der Waals surface area contributed by atoms with Crippen LogP contribution < -0.4 is 5.32 Å². The molecule has 0 aromatic carbocycles. The molecule has 3 nitrogen and oxygen atoms in total. The molecule has 4 heteroatoms. The van der Waals surface area contributed by atoms with Crippen molar-refractivity contribution in [2.75, 3.05) is 26.1 Å². The van der Waals surface area contributed by atoms with Crippen LogP contribution in [0.15, 0.2) is 0 Å². The lowest BCUT2D eigenvalue weighted by Gasteiger charge is -2.63. The van der Waals surface area contributed by atoms with E-state index >= 15 is 0 Å². The SMILES string of the molecule is CSCC(C)C(=O)NC1CC(N(C)C)C12CCC2. The maximum atomic E-state index is 12.1. The lowest BCUT2D eigenvalue weighted by Crippen LogP contribution is -2.70. The van der Waals surface area contributed by atoms with Gasteiger partial charge < -0.3 is 10.2 Å². The molecular formula is C14H26N2OS. The van der Waals surface area contributed by atoms with Gasteiger partial charge in [0, 0.05) is 29.2 Å². The van der Waals surface area contributed by atoms with Crippen molar-refractivity contribution in [3.05, 3.63) is 0 Å². The maximum absolute atomic E-state index is 12.1. The number of nitrogens with zero attached hydrogens (tertiary/aromatic N) is 1. The standard InChI is InChI=1S/C14H26N2OS/c1-10(9-18-4)13(17)15-11-8-12(16(2)3)14(11)6-5-7-14/h10-12H,5-9H2,1-4H3,(H,15,17). The molecule has 2 rings (SSSR count). The van der Waals surface area contributed by atoms with Crippen LogP contribution in [0.3, 0.4) is 0 Å². The first-order valence-corrected chi connectivity index (χ1v) is 8.36. The molecule has 0 aromatic heterocycles. The van der Waals surface area contributed by atoms with Crippen LogP contribution >= 0.6 is 11.8 Å². The molecule has 2 aliphatic carbocycles. The number of nitrogens with one attached hydrogen (secondary N) is 1. The molecule has 2 aliphatic rings. The Morgan fingerprint density at radius 3 is 2.61 bits per heavy atom. The van der Waals surface area contributed by atoms with Crippen LogP contribution in [0.5, 0.6) is 0 Å². The number of thioether (sulfide) groups is 1. The van der Waals surface area contributed by atoms with Gasteiger partial charge in [-0.2, -0.15) is 11.8 Å². The summed E-state index contributed by atoms with van der Waals surface area (Å²) in [5, 5.41) is 3.30. The summed E-state index contributed by atoms with van der Waals surface area (Å²) in [6, 6.07) is 1.10. The normalized spacial score (nSPS) is 30.7. The third-order valence-corrected chi connectivity index (χ3v) is 5.74. The smallest absolute Gasteiger partial charge is 0.223 e. The van der Waals surface area contributed by atoms with Crippen molar-refractivity contribution >= 4 is 17.7 Å². The molecular weight excluding hydrogens is 244 g/mol. The summed E-state index contributed by atoms with van der Waals surface area (Å²) < 4.78 is 0. The van der Waals surface area contributed by atoms with E-state index in [1.165, 1.54) is 19.3 Å². The van der Waals surface area contributed by atoms with Gasteiger partial charge in [-0.15, -0.1) is 0 Å². The van der Waals surface area contributed by atoms with Crippen molar-refractivity contribution in [3.8, 4) is 0 Å². The predicted octanol–water partition coefficient (Wildman–Crippen LogP) is 1.97. The molecule has 0 radical (unpaired) electrons. The Labute approximate surface area is 115 Å². The zero-order valence-corrected chi connectivity index (χ0v) is 12.8. The fraction of sp³-hybridized carbons (Fsp3) is 0.929.